The molecule has 2 aromatic rings. The Morgan fingerprint density at radius 3 is 2.59 bits per heavy atom. The van der Waals surface area contributed by atoms with Gasteiger partial charge in [0.1, 0.15) is 7.11 Å². The molecule has 1 aromatic heterocycles. The van der Waals surface area contributed by atoms with Crippen LogP contribution < -0.4 is 4.84 Å². The zero-order valence-corrected chi connectivity index (χ0v) is 12.7. The summed E-state index contributed by atoms with van der Waals surface area (Å²) in [5.74, 6) is -0.998. The van der Waals surface area contributed by atoms with Crippen LogP contribution in [-0.4, -0.2) is 37.5 Å². The lowest BCUT2D eigenvalue weighted by Crippen LogP contribution is -2.10. The molecular formula is C16H17NO5. The van der Waals surface area contributed by atoms with E-state index in [2.05, 4.69) is 0 Å². The molecule has 0 aliphatic carbocycles. The maximum absolute atomic E-state index is 12.1. The fourth-order valence-corrected chi connectivity index (χ4v) is 2.23. The molecule has 0 saturated heterocycles. The highest BCUT2D eigenvalue weighted by atomic mass is 16.6. The van der Waals surface area contributed by atoms with Crippen molar-refractivity contribution in [1.82, 2.24) is 4.73 Å². The Bertz CT molecular complexity index is 729. The standard InChI is InChI=1S/C16H17NO5/c1-4-22-14(18)10-9-13-15(16(19)20-2)11-7-5-6-8-12(11)17(13)21-3/h5-10H,4H2,1-3H3/b10-9+. The minimum Gasteiger partial charge on any atom is -0.465 e. The first-order valence-electron chi connectivity index (χ1n) is 6.75. The van der Waals surface area contributed by atoms with Crippen LogP contribution in [0.5, 0.6) is 0 Å². The van der Waals surface area contributed by atoms with E-state index in [0.29, 0.717) is 22.2 Å². The molecule has 0 amide bonds. The Balaban J connectivity index is 2.64. The van der Waals surface area contributed by atoms with Gasteiger partial charge >= 0.3 is 11.9 Å². The highest BCUT2D eigenvalue weighted by molar-refractivity contribution is 6.08. The third-order valence-electron chi connectivity index (χ3n) is 3.10. The number of carbonyl (C=O) groups excluding carboxylic acids is 2. The molecule has 0 fully saturated rings. The minimum absolute atomic E-state index is 0.278. The largest absolute Gasteiger partial charge is 0.465 e. The van der Waals surface area contributed by atoms with Crippen molar-refractivity contribution in [2.45, 2.75) is 6.92 Å². The minimum atomic E-state index is -0.504. The molecule has 22 heavy (non-hydrogen) atoms. The predicted octanol–water partition coefficient (Wildman–Crippen LogP) is 2.06. The summed E-state index contributed by atoms with van der Waals surface area (Å²) in [6.45, 7) is 2.00. The molecule has 6 nitrogen and oxygen atoms in total. The second-order valence-electron chi connectivity index (χ2n) is 4.33. The molecule has 0 aliphatic rings. The summed E-state index contributed by atoms with van der Waals surface area (Å²) in [6, 6.07) is 7.25. The average Bonchev–Trinajstić information content (AvgIpc) is 2.85. The van der Waals surface area contributed by atoms with E-state index in [0.717, 1.165) is 0 Å². The van der Waals surface area contributed by atoms with Crippen molar-refractivity contribution in [2.24, 2.45) is 0 Å². The van der Waals surface area contributed by atoms with Gasteiger partial charge in [0.05, 0.1) is 30.5 Å². The number of benzene rings is 1. The van der Waals surface area contributed by atoms with Crippen molar-refractivity contribution in [2.75, 3.05) is 20.8 Å². The van der Waals surface area contributed by atoms with E-state index < -0.39 is 11.9 Å². The van der Waals surface area contributed by atoms with Crippen molar-refractivity contribution < 1.29 is 23.9 Å². The van der Waals surface area contributed by atoms with E-state index in [1.54, 1.807) is 13.0 Å². The van der Waals surface area contributed by atoms with Gasteiger partial charge in [0.25, 0.3) is 0 Å². The lowest BCUT2D eigenvalue weighted by Gasteiger charge is -2.06. The van der Waals surface area contributed by atoms with E-state index in [1.807, 2.05) is 18.2 Å². The fourth-order valence-electron chi connectivity index (χ4n) is 2.23. The molecule has 116 valence electrons. The Hall–Kier alpha value is -2.76. The van der Waals surface area contributed by atoms with Gasteiger partial charge in [-0.25, -0.2) is 9.59 Å². The third-order valence-corrected chi connectivity index (χ3v) is 3.10. The molecule has 0 aliphatic heterocycles. The zero-order chi connectivity index (χ0) is 16.1. The maximum atomic E-state index is 12.1. The average molecular weight is 303 g/mol. The van der Waals surface area contributed by atoms with Gasteiger partial charge in [-0.1, -0.05) is 18.2 Å². The normalized spacial score (nSPS) is 10.9. The summed E-state index contributed by atoms with van der Waals surface area (Å²) in [5.41, 5.74) is 1.46. The third kappa shape index (κ3) is 2.81. The molecule has 0 radical (unpaired) electrons. The van der Waals surface area contributed by atoms with Crippen LogP contribution in [0.25, 0.3) is 17.0 Å². The topological polar surface area (TPSA) is 66.8 Å². The smallest absolute Gasteiger partial charge is 0.340 e. The summed E-state index contributed by atoms with van der Waals surface area (Å²) in [7, 11) is 2.79. The predicted molar refractivity (Wildman–Crippen MR) is 81.4 cm³/mol. The number of carbonyl (C=O) groups is 2. The van der Waals surface area contributed by atoms with Crippen LogP contribution in [0, 0.1) is 0 Å². The zero-order valence-electron chi connectivity index (χ0n) is 12.7. The molecule has 0 bridgehead atoms. The van der Waals surface area contributed by atoms with Gasteiger partial charge in [0.2, 0.25) is 0 Å². The molecule has 0 N–H and O–H groups in total. The number of nitrogens with zero attached hydrogens (tertiary/aromatic N) is 1. The molecule has 1 heterocycles. The number of methoxy groups -OCH3 is 1. The van der Waals surface area contributed by atoms with Gasteiger partial charge in [-0.3, -0.25) is 0 Å². The molecule has 0 spiro atoms. The summed E-state index contributed by atoms with van der Waals surface area (Å²) in [4.78, 5) is 28.9. The van der Waals surface area contributed by atoms with Crippen LogP contribution in [0.3, 0.4) is 0 Å². The van der Waals surface area contributed by atoms with Crippen LogP contribution in [-0.2, 0) is 14.3 Å². The van der Waals surface area contributed by atoms with E-state index in [9.17, 15) is 9.59 Å². The van der Waals surface area contributed by atoms with E-state index in [4.69, 9.17) is 14.3 Å². The van der Waals surface area contributed by atoms with Gasteiger partial charge < -0.3 is 14.3 Å². The summed E-state index contributed by atoms with van der Waals surface area (Å²) in [5, 5.41) is 0.680. The van der Waals surface area contributed by atoms with Gasteiger partial charge in [0, 0.05) is 11.5 Å². The van der Waals surface area contributed by atoms with Crippen molar-refractivity contribution in [3.63, 3.8) is 0 Å². The number of aromatic nitrogens is 1. The van der Waals surface area contributed by atoms with Crippen LogP contribution in [0.15, 0.2) is 30.3 Å². The lowest BCUT2D eigenvalue weighted by molar-refractivity contribution is -0.137. The summed E-state index contributed by atoms with van der Waals surface area (Å²) < 4.78 is 11.2. The Labute approximate surface area is 127 Å². The van der Waals surface area contributed by atoms with Gasteiger partial charge in [-0.05, 0) is 19.1 Å². The SMILES string of the molecule is CCOC(=O)/C=C/c1c(C(=O)OC)c2ccccc2n1OC. The van der Waals surface area contributed by atoms with E-state index >= 15 is 0 Å². The van der Waals surface area contributed by atoms with Crippen molar-refractivity contribution in [1.29, 1.82) is 0 Å². The number of para-hydroxylation sites is 1. The van der Waals surface area contributed by atoms with Crippen molar-refractivity contribution in [3.8, 4) is 0 Å². The first-order valence-corrected chi connectivity index (χ1v) is 6.75. The number of hydrogen-bond donors (Lipinski definition) is 0. The first-order chi connectivity index (χ1) is 10.6. The lowest BCUT2D eigenvalue weighted by atomic mass is 10.1. The molecule has 2 rings (SSSR count). The quantitative estimate of drug-likeness (QED) is 0.625. The Morgan fingerprint density at radius 1 is 1.23 bits per heavy atom. The van der Waals surface area contributed by atoms with E-state index in [-0.39, 0.29) is 6.61 Å². The van der Waals surface area contributed by atoms with Gasteiger partial charge in [-0.2, -0.15) is 4.73 Å². The van der Waals surface area contributed by atoms with Gasteiger partial charge in [0.15, 0.2) is 0 Å². The van der Waals surface area contributed by atoms with Gasteiger partial charge in [-0.15, -0.1) is 0 Å². The molecule has 0 atom stereocenters. The Kier molecular flexibility index (Phi) is 4.83. The number of esters is 2. The number of rotatable bonds is 5. The Morgan fingerprint density at radius 2 is 1.95 bits per heavy atom. The molecule has 1 aromatic carbocycles. The molecule has 0 saturated carbocycles. The monoisotopic (exact) mass is 303 g/mol. The van der Waals surface area contributed by atoms with Crippen molar-refractivity contribution in [3.05, 3.63) is 41.6 Å². The van der Waals surface area contributed by atoms with E-state index in [1.165, 1.54) is 31.1 Å². The highest BCUT2D eigenvalue weighted by Gasteiger charge is 2.22. The maximum Gasteiger partial charge on any atom is 0.340 e. The van der Waals surface area contributed by atoms with Crippen molar-refractivity contribution >= 4 is 28.9 Å². The van der Waals surface area contributed by atoms with Crippen LogP contribution in [0.1, 0.15) is 23.0 Å². The van der Waals surface area contributed by atoms with Crippen LogP contribution in [0.4, 0.5) is 0 Å². The second-order valence-corrected chi connectivity index (χ2v) is 4.33. The summed E-state index contributed by atoms with van der Waals surface area (Å²) in [6.07, 6.45) is 2.73. The number of hydrogen-bond acceptors (Lipinski definition) is 5. The second kappa shape index (κ2) is 6.80. The highest BCUT2D eigenvalue weighted by Crippen LogP contribution is 2.27. The molecule has 0 unspecified atom stereocenters. The molecule has 6 heteroatoms. The van der Waals surface area contributed by atoms with Crippen LogP contribution in [0.2, 0.25) is 0 Å². The van der Waals surface area contributed by atoms with Crippen LogP contribution >= 0.6 is 0 Å². The molecular weight excluding hydrogens is 286 g/mol. The number of ether oxygens (including phenoxy) is 2. The fraction of sp³-hybridized carbons (Fsp3) is 0.250. The number of fused-ring (bicyclic) bond motifs is 1. The summed E-state index contributed by atoms with van der Waals surface area (Å²) >= 11 is 0. The first kappa shape index (κ1) is 15.6.